The number of nitrogens with zero attached hydrogens (tertiary/aromatic N) is 1. The molecule has 3 aromatic rings. The molecule has 0 amide bonds. The molecule has 21 heavy (non-hydrogen) atoms. The minimum atomic E-state index is -0.984. The third kappa shape index (κ3) is 2.58. The number of carbonyl (C=O) groups is 1. The Balaban J connectivity index is 1.98. The van der Waals surface area contributed by atoms with E-state index in [4.69, 9.17) is 14.3 Å². The lowest BCUT2D eigenvalue weighted by molar-refractivity contribution is 0.0697. The normalized spacial score (nSPS) is 10.7. The van der Waals surface area contributed by atoms with E-state index in [0.29, 0.717) is 23.6 Å². The van der Waals surface area contributed by atoms with Gasteiger partial charge in [-0.05, 0) is 49.4 Å². The zero-order chi connectivity index (χ0) is 14.8. The summed E-state index contributed by atoms with van der Waals surface area (Å²) < 4.78 is 11.0. The Bertz CT molecular complexity index is 790. The summed E-state index contributed by atoms with van der Waals surface area (Å²) >= 11 is 0. The van der Waals surface area contributed by atoms with Gasteiger partial charge in [-0.15, -0.1) is 0 Å². The number of fused-ring (bicyclic) bond motifs is 1. The molecule has 1 heterocycles. The van der Waals surface area contributed by atoms with Crippen LogP contribution in [0.4, 0.5) is 0 Å². The molecule has 0 saturated carbocycles. The van der Waals surface area contributed by atoms with Crippen molar-refractivity contribution in [1.29, 1.82) is 0 Å². The molecule has 0 aliphatic carbocycles. The summed E-state index contributed by atoms with van der Waals surface area (Å²) in [6.45, 7) is 2.54. The molecule has 0 aliphatic heterocycles. The molecule has 1 aromatic heterocycles. The van der Waals surface area contributed by atoms with Crippen LogP contribution in [0.1, 0.15) is 17.3 Å². The predicted octanol–water partition coefficient (Wildman–Crippen LogP) is 3.59. The summed E-state index contributed by atoms with van der Waals surface area (Å²) in [5.41, 5.74) is 2.09. The van der Waals surface area contributed by atoms with Crippen molar-refractivity contribution in [3.63, 3.8) is 0 Å². The topological polar surface area (TPSA) is 72.6 Å². The largest absolute Gasteiger partial charge is 0.494 e. The van der Waals surface area contributed by atoms with Crippen molar-refractivity contribution in [3.05, 3.63) is 48.0 Å². The first-order valence-electron chi connectivity index (χ1n) is 6.54. The Morgan fingerprint density at radius 2 is 2.00 bits per heavy atom. The van der Waals surface area contributed by atoms with E-state index in [2.05, 4.69) is 4.98 Å². The summed E-state index contributed by atoms with van der Waals surface area (Å²) in [6.07, 6.45) is 0. The molecule has 5 heteroatoms. The van der Waals surface area contributed by atoms with Gasteiger partial charge >= 0.3 is 5.97 Å². The maximum absolute atomic E-state index is 10.9. The second-order valence-electron chi connectivity index (χ2n) is 4.46. The Labute approximate surface area is 120 Å². The first kappa shape index (κ1) is 13.2. The van der Waals surface area contributed by atoms with Gasteiger partial charge < -0.3 is 14.3 Å². The van der Waals surface area contributed by atoms with E-state index in [1.165, 1.54) is 12.1 Å². The van der Waals surface area contributed by atoms with Crippen LogP contribution in [0.15, 0.2) is 46.9 Å². The van der Waals surface area contributed by atoms with Gasteiger partial charge in [0.15, 0.2) is 5.58 Å². The highest BCUT2D eigenvalue weighted by Gasteiger charge is 2.11. The summed E-state index contributed by atoms with van der Waals surface area (Å²) in [7, 11) is 0. The second-order valence-corrected chi connectivity index (χ2v) is 4.46. The van der Waals surface area contributed by atoms with Crippen LogP contribution in [0.2, 0.25) is 0 Å². The molecule has 106 valence electrons. The smallest absolute Gasteiger partial charge is 0.335 e. The van der Waals surface area contributed by atoms with Gasteiger partial charge in [-0.2, -0.15) is 0 Å². The first-order valence-corrected chi connectivity index (χ1v) is 6.54. The maximum Gasteiger partial charge on any atom is 0.335 e. The molecule has 0 fully saturated rings. The second kappa shape index (κ2) is 5.28. The quantitative estimate of drug-likeness (QED) is 0.792. The number of oxazole rings is 1. The average molecular weight is 283 g/mol. The Kier molecular flexibility index (Phi) is 3.31. The third-order valence-corrected chi connectivity index (χ3v) is 3.05. The molecular weight excluding hydrogens is 270 g/mol. The van der Waals surface area contributed by atoms with Gasteiger partial charge in [0.1, 0.15) is 11.3 Å². The molecule has 0 radical (unpaired) electrons. The van der Waals surface area contributed by atoms with Crippen molar-refractivity contribution < 1.29 is 19.1 Å². The molecule has 0 spiro atoms. The zero-order valence-corrected chi connectivity index (χ0v) is 11.4. The van der Waals surface area contributed by atoms with Gasteiger partial charge in [0.05, 0.1) is 12.2 Å². The van der Waals surface area contributed by atoms with Crippen LogP contribution in [-0.4, -0.2) is 22.7 Å². The van der Waals surface area contributed by atoms with Crippen molar-refractivity contribution >= 4 is 17.1 Å². The molecule has 5 nitrogen and oxygen atoms in total. The highest BCUT2D eigenvalue weighted by atomic mass is 16.5. The molecule has 0 saturated heterocycles. The van der Waals surface area contributed by atoms with E-state index in [9.17, 15) is 4.79 Å². The molecule has 3 rings (SSSR count). The van der Waals surface area contributed by atoms with Crippen molar-refractivity contribution in [2.45, 2.75) is 6.92 Å². The van der Waals surface area contributed by atoms with Gasteiger partial charge in [0.2, 0.25) is 5.89 Å². The number of carboxylic acid groups (broad SMARTS) is 1. The summed E-state index contributed by atoms with van der Waals surface area (Å²) in [5, 5.41) is 8.98. The van der Waals surface area contributed by atoms with Crippen LogP contribution in [0.3, 0.4) is 0 Å². The van der Waals surface area contributed by atoms with Crippen LogP contribution in [-0.2, 0) is 0 Å². The van der Waals surface area contributed by atoms with Gasteiger partial charge in [-0.25, -0.2) is 9.78 Å². The molecule has 0 bridgehead atoms. The van der Waals surface area contributed by atoms with Crippen molar-refractivity contribution in [3.8, 4) is 17.2 Å². The maximum atomic E-state index is 10.9. The van der Waals surface area contributed by atoms with Gasteiger partial charge in [-0.3, -0.25) is 0 Å². The number of aromatic nitrogens is 1. The van der Waals surface area contributed by atoms with E-state index in [-0.39, 0.29) is 5.56 Å². The Hall–Kier alpha value is -2.82. The Morgan fingerprint density at radius 1 is 1.24 bits per heavy atom. The van der Waals surface area contributed by atoms with E-state index in [1.807, 2.05) is 31.2 Å². The highest BCUT2D eigenvalue weighted by molar-refractivity contribution is 5.92. The number of rotatable bonds is 4. The van der Waals surface area contributed by atoms with Gasteiger partial charge in [0.25, 0.3) is 0 Å². The number of hydrogen-bond donors (Lipinski definition) is 1. The average Bonchev–Trinajstić information content (AvgIpc) is 2.91. The molecule has 1 N–H and O–H groups in total. The fraction of sp³-hybridized carbons (Fsp3) is 0.125. The van der Waals surface area contributed by atoms with E-state index >= 15 is 0 Å². The minimum Gasteiger partial charge on any atom is -0.494 e. The zero-order valence-electron chi connectivity index (χ0n) is 11.4. The molecule has 0 atom stereocenters. The highest BCUT2D eigenvalue weighted by Crippen LogP contribution is 2.26. The standard InChI is InChI=1S/C16H13NO4/c1-2-20-12-6-3-10(4-7-12)15-17-13-9-11(16(18)19)5-8-14(13)21-15/h3-9H,2H2,1H3,(H,18,19). The number of ether oxygens (including phenoxy) is 1. The number of carboxylic acids is 1. The SMILES string of the molecule is CCOc1ccc(-c2nc3cc(C(=O)O)ccc3o2)cc1. The van der Waals surface area contributed by atoms with Crippen LogP contribution in [0.25, 0.3) is 22.6 Å². The van der Waals surface area contributed by atoms with Crippen LogP contribution >= 0.6 is 0 Å². The number of benzene rings is 2. The van der Waals surface area contributed by atoms with E-state index in [0.717, 1.165) is 11.3 Å². The molecule has 0 unspecified atom stereocenters. The van der Waals surface area contributed by atoms with Gasteiger partial charge in [0, 0.05) is 5.56 Å². The Morgan fingerprint density at radius 3 is 2.67 bits per heavy atom. The first-order chi connectivity index (χ1) is 10.2. The molecule has 2 aromatic carbocycles. The monoisotopic (exact) mass is 283 g/mol. The lowest BCUT2D eigenvalue weighted by Crippen LogP contribution is -1.94. The third-order valence-electron chi connectivity index (χ3n) is 3.05. The molecular formula is C16H13NO4. The van der Waals surface area contributed by atoms with Crippen LogP contribution in [0, 0.1) is 0 Å². The minimum absolute atomic E-state index is 0.189. The van der Waals surface area contributed by atoms with Gasteiger partial charge in [-0.1, -0.05) is 0 Å². The van der Waals surface area contributed by atoms with Crippen LogP contribution < -0.4 is 4.74 Å². The number of hydrogen-bond acceptors (Lipinski definition) is 4. The summed E-state index contributed by atoms with van der Waals surface area (Å²) in [6, 6.07) is 12.0. The molecule has 0 aliphatic rings. The van der Waals surface area contributed by atoms with E-state index in [1.54, 1.807) is 6.07 Å². The van der Waals surface area contributed by atoms with Crippen molar-refractivity contribution in [2.24, 2.45) is 0 Å². The lowest BCUT2D eigenvalue weighted by Gasteiger charge is -2.02. The van der Waals surface area contributed by atoms with Crippen LogP contribution in [0.5, 0.6) is 5.75 Å². The fourth-order valence-corrected chi connectivity index (χ4v) is 2.04. The van der Waals surface area contributed by atoms with Crippen molar-refractivity contribution in [1.82, 2.24) is 4.98 Å². The van der Waals surface area contributed by atoms with E-state index < -0.39 is 5.97 Å². The number of aromatic carboxylic acids is 1. The predicted molar refractivity (Wildman–Crippen MR) is 77.6 cm³/mol. The lowest BCUT2D eigenvalue weighted by atomic mass is 10.2. The van der Waals surface area contributed by atoms with Crippen molar-refractivity contribution in [2.75, 3.05) is 6.61 Å². The summed E-state index contributed by atoms with van der Waals surface area (Å²) in [5.74, 6) is 0.253. The summed E-state index contributed by atoms with van der Waals surface area (Å²) in [4.78, 5) is 15.3. The fourth-order valence-electron chi connectivity index (χ4n) is 2.04.